The van der Waals surface area contributed by atoms with Crippen molar-refractivity contribution >= 4 is 6.01 Å². The van der Waals surface area contributed by atoms with Gasteiger partial charge in [-0.2, -0.15) is 0 Å². The zero-order chi connectivity index (χ0) is 14.3. The lowest BCUT2D eigenvalue weighted by molar-refractivity contribution is 0.427. The zero-order valence-electron chi connectivity index (χ0n) is 12.9. The molecule has 1 unspecified atom stereocenters. The maximum atomic E-state index is 5.62. The van der Waals surface area contributed by atoms with Crippen LogP contribution in [0.5, 0.6) is 0 Å². The van der Waals surface area contributed by atoms with Crippen LogP contribution in [0.25, 0.3) is 0 Å². The van der Waals surface area contributed by atoms with Crippen molar-refractivity contribution in [2.45, 2.75) is 47.6 Å². The van der Waals surface area contributed by atoms with E-state index in [-0.39, 0.29) is 6.04 Å². The van der Waals surface area contributed by atoms with Gasteiger partial charge in [-0.25, -0.2) is 0 Å². The predicted octanol–water partition coefficient (Wildman–Crippen LogP) is 2.83. The summed E-state index contributed by atoms with van der Waals surface area (Å²) in [4.78, 5) is 0. The summed E-state index contributed by atoms with van der Waals surface area (Å²) in [5.41, 5.74) is 0.750. The molecule has 2 rings (SSSR count). The van der Waals surface area contributed by atoms with Crippen molar-refractivity contribution in [3.63, 3.8) is 0 Å². The molecule has 0 amide bonds. The average molecular weight is 266 g/mol. The first-order valence-electron chi connectivity index (χ1n) is 7.11. The van der Waals surface area contributed by atoms with E-state index in [1.54, 1.807) is 0 Å². The second-order valence-electron chi connectivity index (χ2n) is 6.60. The Kier molecular flexibility index (Phi) is 3.60. The number of rotatable bonds is 6. The Bertz CT molecular complexity index is 424. The van der Waals surface area contributed by atoms with Crippen molar-refractivity contribution in [1.29, 1.82) is 0 Å². The largest absolute Gasteiger partial charge is 0.406 e. The molecule has 0 saturated heterocycles. The van der Waals surface area contributed by atoms with Crippen molar-refractivity contribution < 1.29 is 4.42 Å². The summed E-state index contributed by atoms with van der Waals surface area (Å²) >= 11 is 0. The van der Waals surface area contributed by atoms with Gasteiger partial charge >= 0.3 is 6.01 Å². The van der Waals surface area contributed by atoms with E-state index >= 15 is 0 Å². The van der Waals surface area contributed by atoms with E-state index in [0.29, 0.717) is 28.7 Å². The molecule has 1 aromatic heterocycles. The minimum atomic E-state index is 0.0989. The van der Waals surface area contributed by atoms with Gasteiger partial charge in [0.25, 0.3) is 0 Å². The Morgan fingerprint density at radius 2 is 1.84 bits per heavy atom. The molecule has 0 radical (unpaired) electrons. The van der Waals surface area contributed by atoms with E-state index in [1.165, 1.54) is 0 Å². The van der Waals surface area contributed by atoms with Gasteiger partial charge in [-0.1, -0.05) is 39.7 Å². The van der Waals surface area contributed by atoms with E-state index in [9.17, 15) is 0 Å². The fourth-order valence-corrected chi connectivity index (χ4v) is 2.91. The maximum Gasteiger partial charge on any atom is 0.315 e. The van der Waals surface area contributed by atoms with Crippen molar-refractivity contribution in [3.05, 3.63) is 5.89 Å². The summed E-state index contributed by atoms with van der Waals surface area (Å²) in [6, 6.07) is 0.625. The van der Waals surface area contributed by atoms with Crippen LogP contribution in [0.2, 0.25) is 0 Å². The SMILES string of the molecule is CCNC(C)c1nnc(NCC2C(C)(C)C2(C)C)o1. The van der Waals surface area contributed by atoms with Crippen molar-refractivity contribution in [1.82, 2.24) is 15.5 Å². The van der Waals surface area contributed by atoms with Crippen LogP contribution >= 0.6 is 0 Å². The first-order chi connectivity index (χ1) is 8.80. The molecule has 1 aliphatic rings. The molecule has 5 nitrogen and oxygen atoms in total. The molecule has 1 heterocycles. The average Bonchev–Trinajstić information content (AvgIpc) is 2.72. The number of hydrogen-bond donors (Lipinski definition) is 2. The standard InChI is InChI=1S/C14H26N4O/c1-7-15-9(2)11-17-18-12(19-11)16-8-10-13(3,4)14(10,5)6/h9-10,15H,7-8H2,1-6H3,(H,16,18). The quantitative estimate of drug-likeness (QED) is 0.829. The first-order valence-corrected chi connectivity index (χ1v) is 7.11. The lowest BCUT2D eigenvalue weighted by Crippen LogP contribution is -2.17. The van der Waals surface area contributed by atoms with Crippen LogP contribution in [0.1, 0.15) is 53.5 Å². The molecule has 1 aliphatic carbocycles. The monoisotopic (exact) mass is 266 g/mol. The highest BCUT2D eigenvalue weighted by atomic mass is 16.4. The summed E-state index contributed by atoms with van der Waals surface area (Å²) in [6.45, 7) is 15.1. The van der Waals surface area contributed by atoms with Gasteiger partial charge in [-0.05, 0) is 30.2 Å². The third kappa shape index (κ3) is 2.48. The highest BCUT2D eigenvalue weighted by molar-refractivity contribution is 5.23. The van der Waals surface area contributed by atoms with Gasteiger partial charge in [0, 0.05) is 6.54 Å². The fourth-order valence-electron chi connectivity index (χ4n) is 2.91. The molecule has 108 valence electrons. The highest BCUT2D eigenvalue weighted by Crippen LogP contribution is 2.68. The Morgan fingerprint density at radius 3 is 2.37 bits per heavy atom. The molecule has 1 fully saturated rings. The van der Waals surface area contributed by atoms with Gasteiger partial charge in [-0.15, -0.1) is 5.10 Å². The Hall–Kier alpha value is -1.10. The zero-order valence-corrected chi connectivity index (χ0v) is 12.9. The topological polar surface area (TPSA) is 63.0 Å². The van der Waals surface area contributed by atoms with Crippen LogP contribution in [0.3, 0.4) is 0 Å². The molecule has 2 N–H and O–H groups in total. The number of nitrogens with zero attached hydrogens (tertiary/aromatic N) is 2. The highest BCUT2D eigenvalue weighted by Gasteiger charge is 2.64. The van der Waals surface area contributed by atoms with Gasteiger partial charge in [0.2, 0.25) is 5.89 Å². The first kappa shape index (κ1) is 14.3. The summed E-state index contributed by atoms with van der Waals surface area (Å²) < 4.78 is 5.62. The van der Waals surface area contributed by atoms with Crippen LogP contribution < -0.4 is 10.6 Å². The minimum Gasteiger partial charge on any atom is -0.406 e. The number of nitrogens with one attached hydrogen (secondary N) is 2. The lowest BCUT2D eigenvalue weighted by atomic mass is 10.0. The molecule has 0 aliphatic heterocycles. The van der Waals surface area contributed by atoms with Gasteiger partial charge in [-0.3, -0.25) is 0 Å². The third-order valence-electron chi connectivity index (χ3n) is 5.10. The van der Waals surface area contributed by atoms with Crippen molar-refractivity contribution in [2.24, 2.45) is 16.7 Å². The fraction of sp³-hybridized carbons (Fsp3) is 0.857. The van der Waals surface area contributed by atoms with E-state index in [0.717, 1.165) is 13.1 Å². The minimum absolute atomic E-state index is 0.0989. The Balaban J connectivity index is 1.88. The third-order valence-corrected chi connectivity index (χ3v) is 5.10. The summed E-state index contributed by atoms with van der Waals surface area (Å²) in [5, 5.41) is 14.6. The number of hydrogen-bond acceptors (Lipinski definition) is 5. The van der Waals surface area contributed by atoms with E-state index in [4.69, 9.17) is 4.42 Å². The van der Waals surface area contributed by atoms with Gasteiger partial charge < -0.3 is 15.1 Å². The molecule has 0 bridgehead atoms. The summed E-state index contributed by atoms with van der Waals surface area (Å²) in [7, 11) is 0. The van der Waals surface area contributed by atoms with Crippen LogP contribution in [0.15, 0.2) is 4.42 Å². The van der Waals surface area contributed by atoms with Crippen LogP contribution in [0.4, 0.5) is 6.01 Å². The van der Waals surface area contributed by atoms with Crippen molar-refractivity contribution in [2.75, 3.05) is 18.4 Å². The molecule has 0 spiro atoms. The van der Waals surface area contributed by atoms with Gasteiger partial charge in [0.05, 0.1) is 6.04 Å². The normalized spacial score (nSPS) is 22.2. The Morgan fingerprint density at radius 1 is 1.21 bits per heavy atom. The molecule has 19 heavy (non-hydrogen) atoms. The van der Waals surface area contributed by atoms with Gasteiger partial charge in [0.1, 0.15) is 0 Å². The van der Waals surface area contributed by atoms with E-state index < -0.39 is 0 Å². The molecular formula is C14H26N4O. The smallest absolute Gasteiger partial charge is 0.315 e. The van der Waals surface area contributed by atoms with Crippen LogP contribution in [0, 0.1) is 16.7 Å². The number of anilines is 1. The second-order valence-corrected chi connectivity index (χ2v) is 6.60. The van der Waals surface area contributed by atoms with E-state index in [2.05, 4.69) is 55.4 Å². The second kappa shape index (κ2) is 4.78. The summed E-state index contributed by atoms with van der Waals surface area (Å²) in [6.07, 6.45) is 0. The predicted molar refractivity (Wildman–Crippen MR) is 75.9 cm³/mol. The molecular weight excluding hydrogens is 240 g/mol. The van der Waals surface area contributed by atoms with Crippen LogP contribution in [-0.2, 0) is 0 Å². The van der Waals surface area contributed by atoms with Crippen molar-refractivity contribution in [3.8, 4) is 0 Å². The van der Waals surface area contributed by atoms with E-state index in [1.807, 2.05) is 6.92 Å². The molecule has 1 atom stereocenters. The molecule has 1 aromatic rings. The number of aromatic nitrogens is 2. The molecule has 1 saturated carbocycles. The maximum absolute atomic E-state index is 5.62. The Labute approximate surface area is 115 Å². The molecule has 5 heteroatoms. The van der Waals surface area contributed by atoms with Crippen LogP contribution in [-0.4, -0.2) is 23.3 Å². The lowest BCUT2D eigenvalue weighted by Gasteiger charge is -2.06. The van der Waals surface area contributed by atoms with Gasteiger partial charge in [0.15, 0.2) is 0 Å². The summed E-state index contributed by atoms with van der Waals surface area (Å²) in [5.74, 6) is 1.28. The molecule has 0 aromatic carbocycles.